The van der Waals surface area contributed by atoms with Gasteiger partial charge in [-0.25, -0.2) is 14.7 Å². The van der Waals surface area contributed by atoms with Gasteiger partial charge in [-0.15, -0.1) is 0 Å². The Morgan fingerprint density at radius 2 is 1.57 bits per heavy atom. The first-order chi connectivity index (χ1) is 10.3. The van der Waals surface area contributed by atoms with E-state index in [9.17, 15) is 5.11 Å². The fraction of sp³-hybridized carbons (Fsp3) is 0.562. The molecular weight excluding hydrogens is 264 g/mol. The number of aliphatic hydroxyl groups excluding tert-OH is 1. The smallest absolute Gasteiger partial charge is 0.213 e. The summed E-state index contributed by atoms with van der Waals surface area (Å²) in [4.78, 5) is 9.99. The summed E-state index contributed by atoms with van der Waals surface area (Å²) in [6.07, 6.45) is 0. The number of hydrogen-bond acceptors (Lipinski definition) is 2. The van der Waals surface area contributed by atoms with E-state index in [1.165, 1.54) is 50.9 Å². The maximum atomic E-state index is 9.22. The molecule has 0 atom stereocenters. The van der Waals surface area contributed by atoms with Crippen LogP contribution >= 0.6 is 0 Å². The third-order valence-electron chi connectivity index (χ3n) is 5.18. The monoisotopic (exact) mass is 289 g/mol. The molecule has 4 bridgehead atoms. The van der Waals surface area contributed by atoms with E-state index >= 15 is 0 Å². The van der Waals surface area contributed by atoms with Gasteiger partial charge in [-0.05, 0) is 5.56 Å². The average Bonchev–Trinajstić information content (AvgIpc) is 2.47. The summed E-state index contributed by atoms with van der Waals surface area (Å²) in [7, 11) is 0. The Morgan fingerprint density at radius 1 is 1.00 bits per heavy atom. The molecule has 21 heavy (non-hydrogen) atoms. The summed E-state index contributed by atoms with van der Waals surface area (Å²) >= 11 is 0. The highest BCUT2D eigenvalue weighted by Gasteiger charge is 2.59. The summed E-state index contributed by atoms with van der Waals surface area (Å²) in [5, 5.41) is 9.22. The molecule has 5 heteroatoms. The van der Waals surface area contributed by atoms with Crippen molar-refractivity contribution in [3.8, 4) is 0 Å². The van der Waals surface area contributed by atoms with Crippen LogP contribution < -0.4 is 14.7 Å². The summed E-state index contributed by atoms with van der Waals surface area (Å²) in [5.74, 6) is 0. The van der Waals surface area contributed by atoms with Gasteiger partial charge in [0.15, 0.2) is 5.41 Å². The third kappa shape index (κ3) is 2.30. The molecule has 0 amide bonds. The Bertz CT molecular complexity index is 507. The second-order valence-corrected chi connectivity index (χ2v) is 6.91. The zero-order valence-electron chi connectivity index (χ0n) is 12.4. The molecule has 0 spiro atoms. The molecule has 4 heterocycles. The van der Waals surface area contributed by atoms with Gasteiger partial charge in [0, 0.05) is 0 Å². The van der Waals surface area contributed by atoms with Crippen LogP contribution in [0.5, 0.6) is 0 Å². The minimum Gasteiger partial charge on any atom is -0.394 e. The first kappa shape index (κ1) is 13.4. The van der Waals surface area contributed by atoms with E-state index in [1.54, 1.807) is 14.7 Å². The molecule has 0 aliphatic carbocycles. The molecule has 0 radical (unpaired) electrons. The lowest BCUT2D eigenvalue weighted by molar-refractivity contribution is -1.30. The second-order valence-electron chi connectivity index (χ2n) is 6.91. The van der Waals surface area contributed by atoms with Gasteiger partial charge in [0.05, 0.1) is 18.9 Å². The first-order valence-corrected chi connectivity index (χ1v) is 8.01. The van der Waals surface area contributed by atoms with Crippen molar-refractivity contribution in [2.24, 2.45) is 10.4 Å². The van der Waals surface area contributed by atoms with Crippen molar-refractivity contribution in [3.63, 3.8) is 0 Å². The van der Waals surface area contributed by atoms with Gasteiger partial charge in [-0.3, -0.25) is 4.99 Å². The molecule has 4 aliphatic heterocycles. The van der Waals surface area contributed by atoms with E-state index in [1.807, 2.05) is 0 Å². The van der Waals surface area contributed by atoms with Crippen molar-refractivity contribution < 1.29 is 19.8 Å². The number of aliphatic imine (C=N–C) groups is 1. The van der Waals surface area contributed by atoms with Crippen LogP contribution in [0, 0.1) is 5.41 Å². The van der Waals surface area contributed by atoms with Gasteiger partial charge in [-0.2, -0.15) is 0 Å². The van der Waals surface area contributed by atoms with E-state index in [0.29, 0.717) is 6.54 Å². The second kappa shape index (κ2) is 5.18. The minimum atomic E-state index is 0.135. The van der Waals surface area contributed by atoms with Gasteiger partial charge >= 0.3 is 0 Å². The highest BCUT2D eigenvalue weighted by atomic mass is 16.3. The van der Waals surface area contributed by atoms with Crippen molar-refractivity contribution in [1.82, 2.24) is 0 Å². The van der Waals surface area contributed by atoms with E-state index in [2.05, 4.69) is 30.3 Å². The summed E-state index contributed by atoms with van der Waals surface area (Å²) < 4.78 is 0. The van der Waals surface area contributed by atoms with E-state index in [4.69, 9.17) is 4.99 Å². The van der Waals surface area contributed by atoms with Crippen molar-refractivity contribution in [2.75, 3.05) is 52.8 Å². The number of hydrogen-bond donors (Lipinski definition) is 4. The van der Waals surface area contributed by atoms with Crippen LogP contribution in [0.15, 0.2) is 35.3 Å². The van der Waals surface area contributed by atoms with Crippen molar-refractivity contribution >= 4 is 5.71 Å². The maximum absolute atomic E-state index is 9.22. The largest absolute Gasteiger partial charge is 0.394 e. The molecular formula is C16H25N4O+3. The van der Waals surface area contributed by atoms with Crippen molar-refractivity contribution in [3.05, 3.63) is 35.9 Å². The van der Waals surface area contributed by atoms with Crippen LogP contribution in [0.4, 0.5) is 0 Å². The summed E-state index contributed by atoms with van der Waals surface area (Å²) in [5.41, 5.74) is 2.68. The quantitative estimate of drug-likeness (QED) is 0.420. The van der Waals surface area contributed by atoms with Gasteiger partial charge in [0.2, 0.25) is 20.0 Å². The highest BCUT2D eigenvalue weighted by molar-refractivity contribution is 6.05. The van der Waals surface area contributed by atoms with Crippen LogP contribution in [0.3, 0.4) is 0 Å². The Labute approximate surface area is 125 Å². The topological polar surface area (TPSA) is 45.9 Å². The van der Waals surface area contributed by atoms with Gasteiger partial charge in [0.1, 0.15) is 19.6 Å². The Kier molecular flexibility index (Phi) is 3.30. The predicted octanol–water partition coefficient (Wildman–Crippen LogP) is -3.98. The van der Waals surface area contributed by atoms with Crippen molar-refractivity contribution in [2.45, 2.75) is 0 Å². The Hall–Kier alpha value is -1.27. The molecule has 1 aromatic carbocycles. The van der Waals surface area contributed by atoms with Crippen LogP contribution in [0.25, 0.3) is 0 Å². The molecule has 4 N–H and O–H groups in total. The number of benzene rings is 1. The molecule has 5 rings (SSSR count). The van der Waals surface area contributed by atoms with Crippen LogP contribution in [0.2, 0.25) is 0 Å². The molecule has 1 aromatic rings. The fourth-order valence-electron chi connectivity index (χ4n) is 4.82. The molecule has 0 unspecified atom stereocenters. The zero-order chi connectivity index (χ0) is 14.3. The van der Waals surface area contributed by atoms with Gasteiger partial charge in [0.25, 0.3) is 0 Å². The van der Waals surface area contributed by atoms with Crippen LogP contribution in [0.1, 0.15) is 5.56 Å². The number of nitrogens with zero attached hydrogens (tertiary/aromatic N) is 1. The lowest BCUT2D eigenvalue weighted by atomic mass is 9.74. The first-order valence-electron chi connectivity index (χ1n) is 8.01. The lowest BCUT2D eigenvalue weighted by Gasteiger charge is -2.52. The third-order valence-corrected chi connectivity index (χ3v) is 5.18. The van der Waals surface area contributed by atoms with E-state index < -0.39 is 0 Å². The number of rotatable bonds is 4. The van der Waals surface area contributed by atoms with E-state index in [0.717, 1.165) is 0 Å². The Balaban J connectivity index is 1.73. The molecule has 4 saturated heterocycles. The molecule has 0 aromatic heterocycles. The number of aliphatic hydroxyl groups is 1. The zero-order valence-corrected chi connectivity index (χ0v) is 12.4. The Morgan fingerprint density at radius 3 is 2.10 bits per heavy atom. The van der Waals surface area contributed by atoms with E-state index in [-0.39, 0.29) is 12.0 Å². The molecule has 4 aliphatic rings. The van der Waals surface area contributed by atoms with Gasteiger partial charge in [-0.1, -0.05) is 30.3 Å². The number of nitrogens with one attached hydrogen (secondary N) is 3. The van der Waals surface area contributed by atoms with Crippen LogP contribution in [-0.2, 0) is 0 Å². The normalized spacial score (nSPS) is 38.0. The SMILES string of the molecule is OCCN=C(c1ccccc1)C12C[NH+]3C[NH+](C[NH+](C3)C1)C2. The number of quaternary nitrogens is 3. The molecule has 112 valence electrons. The highest BCUT2D eigenvalue weighted by Crippen LogP contribution is 2.23. The molecule has 4 fully saturated rings. The minimum absolute atomic E-state index is 0.135. The average molecular weight is 289 g/mol. The predicted molar refractivity (Wildman–Crippen MR) is 79.5 cm³/mol. The lowest BCUT2D eigenvalue weighted by Crippen LogP contribution is -3.56. The standard InChI is InChI=1S/C16H22N4O/c21-7-6-17-15(14-4-2-1-3-5-14)16-8-18-11-19(9-16)13-20(10-16)12-18/h1-5,21H,6-13H2/p+3. The van der Waals surface area contributed by atoms with Crippen LogP contribution in [-0.4, -0.2) is 63.6 Å². The van der Waals surface area contributed by atoms with Gasteiger partial charge < -0.3 is 5.11 Å². The fourth-order valence-corrected chi connectivity index (χ4v) is 4.82. The van der Waals surface area contributed by atoms with Crippen molar-refractivity contribution in [1.29, 1.82) is 0 Å². The molecule has 5 nitrogen and oxygen atoms in total. The molecule has 0 saturated carbocycles. The summed E-state index contributed by atoms with van der Waals surface area (Å²) in [6, 6.07) is 10.6. The maximum Gasteiger partial charge on any atom is 0.213 e. The summed E-state index contributed by atoms with van der Waals surface area (Å²) in [6.45, 7) is 8.09.